The summed E-state index contributed by atoms with van der Waals surface area (Å²) in [6, 6.07) is 0. The first-order valence-electron chi connectivity index (χ1n) is 12.0. The minimum atomic E-state index is -3.64. The lowest BCUT2D eigenvalue weighted by atomic mass is 10.5. The van der Waals surface area contributed by atoms with Crippen LogP contribution in [0.4, 0.5) is 0 Å². The number of hydrogen-bond donors (Lipinski definition) is 4. The fourth-order valence-electron chi connectivity index (χ4n) is 2.77. The molecule has 3 atom stereocenters. The molecular weight excluding hydrogens is 718 g/mol. The molecule has 0 bridgehead atoms. The third-order valence-electron chi connectivity index (χ3n) is 4.64. The molecule has 1 aliphatic heterocycles. The lowest BCUT2D eigenvalue weighted by Crippen LogP contribution is -2.35. The molecule has 40 heavy (non-hydrogen) atoms. The maximum absolute atomic E-state index is 12.2. The standard InChI is InChI=1S/C7H15Cl2N2O3P.C7H15Cl2N2O2P.C4H11Cl2N2O2P/c8-2-4-11(5-3-9)15(10,13)14-7-1-6-12;8-2-5-11(6-3-9)14(12)10-4-1-7-13-14;5-1-3-8(4-2-6)11(7,9)10/h6H,1-5,7H2,(H2,10,13);1-7H2,(H,10,12);1-4H2,(H3,7,9,10). The van der Waals surface area contributed by atoms with E-state index in [1.165, 1.54) is 9.34 Å². The Morgan fingerprint density at radius 2 is 1.32 bits per heavy atom. The number of alkyl halides is 6. The van der Waals surface area contributed by atoms with E-state index in [0.29, 0.717) is 50.8 Å². The van der Waals surface area contributed by atoms with Gasteiger partial charge < -0.3 is 18.7 Å². The van der Waals surface area contributed by atoms with Crippen molar-refractivity contribution in [1.82, 2.24) is 19.1 Å². The summed E-state index contributed by atoms with van der Waals surface area (Å²) in [6.07, 6.45) is 1.73. The van der Waals surface area contributed by atoms with E-state index in [2.05, 4.69) is 5.09 Å². The summed E-state index contributed by atoms with van der Waals surface area (Å²) >= 11 is 33.0. The smallest absolute Gasteiger partial charge is 0.322 e. The number of carbonyl (C=O) groups excluding carboxylic acids is 1. The summed E-state index contributed by atoms with van der Waals surface area (Å²) in [5.74, 6) is 1.94. The highest BCUT2D eigenvalue weighted by molar-refractivity contribution is 7.54. The Morgan fingerprint density at radius 1 is 0.875 bits per heavy atom. The molecule has 0 amide bonds. The third kappa shape index (κ3) is 20.7. The van der Waals surface area contributed by atoms with Crippen LogP contribution in [0.25, 0.3) is 0 Å². The van der Waals surface area contributed by atoms with Crippen LogP contribution in [0.5, 0.6) is 0 Å². The molecule has 22 heteroatoms. The van der Waals surface area contributed by atoms with Gasteiger partial charge in [-0.15, -0.1) is 69.6 Å². The van der Waals surface area contributed by atoms with E-state index in [1.54, 1.807) is 4.67 Å². The highest BCUT2D eigenvalue weighted by Gasteiger charge is 2.33. The van der Waals surface area contributed by atoms with E-state index >= 15 is 0 Å². The summed E-state index contributed by atoms with van der Waals surface area (Å²) in [6.45, 7) is 3.57. The van der Waals surface area contributed by atoms with E-state index in [9.17, 15) is 18.5 Å². The number of nitrogens with one attached hydrogen (secondary N) is 1. The van der Waals surface area contributed by atoms with Crippen LogP contribution in [0.1, 0.15) is 12.8 Å². The summed E-state index contributed by atoms with van der Waals surface area (Å²) in [4.78, 5) is 18.9. The molecule has 1 rings (SSSR count). The van der Waals surface area contributed by atoms with Crippen molar-refractivity contribution in [2.24, 2.45) is 11.0 Å². The minimum Gasteiger partial charge on any atom is -0.322 e. The number of nitrogens with two attached hydrogens (primary N) is 2. The van der Waals surface area contributed by atoms with Gasteiger partial charge in [-0.1, -0.05) is 0 Å². The number of hydrogen-bond acceptors (Lipinski definition) is 6. The van der Waals surface area contributed by atoms with Crippen molar-refractivity contribution >= 4 is 98.9 Å². The van der Waals surface area contributed by atoms with Gasteiger partial charge in [-0.25, -0.2) is 30.1 Å². The van der Waals surface area contributed by atoms with Gasteiger partial charge in [0.2, 0.25) is 0 Å². The monoisotopic (exact) mass is 756 g/mol. The summed E-state index contributed by atoms with van der Waals surface area (Å²) in [7, 11) is -9.85. The van der Waals surface area contributed by atoms with Gasteiger partial charge in [-0.05, 0) is 6.42 Å². The van der Waals surface area contributed by atoms with E-state index < -0.39 is 23.0 Å². The maximum atomic E-state index is 12.2. The Labute approximate surface area is 267 Å². The van der Waals surface area contributed by atoms with Crippen LogP contribution in [-0.2, 0) is 27.5 Å². The molecule has 1 heterocycles. The topological polar surface area (TPSA) is 181 Å². The molecular formula is C18H41Cl6N6O7P3. The van der Waals surface area contributed by atoms with Crippen molar-refractivity contribution in [1.29, 1.82) is 0 Å². The first-order chi connectivity index (χ1) is 18.8. The molecule has 0 spiro atoms. The van der Waals surface area contributed by atoms with Crippen molar-refractivity contribution in [3.63, 3.8) is 0 Å². The van der Waals surface area contributed by atoms with Crippen LogP contribution >= 0.6 is 92.6 Å². The Balaban J connectivity index is 0. The average molecular weight is 759 g/mol. The molecule has 0 saturated carbocycles. The molecule has 0 aliphatic carbocycles. The summed E-state index contributed by atoms with van der Waals surface area (Å²) in [5.41, 5.74) is 10.5. The first kappa shape index (κ1) is 43.9. The fourth-order valence-corrected chi connectivity index (χ4v) is 8.76. The maximum Gasteiger partial charge on any atom is 0.343 e. The molecule has 3 unspecified atom stereocenters. The lowest BCUT2D eigenvalue weighted by Gasteiger charge is -2.33. The lowest BCUT2D eigenvalue weighted by molar-refractivity contribution is -0.108. The van der Waals surface area contributed by atoms with Crippen LogP contribution in [0.3, 0.4) is 0 Å². The van der Waals surface area contributed by atoms with Gasteiger partial charge in [-0.3, -0.25) is 13.7 Å². The Morgan fingerprint density at radius 3 is 1.68 bits per heavy atom. The Hall–Kier alpha value is 1.74. The zero-order chi connectivity index (χ0) is 31.1. The number of aldehydes is 1. The van der Waals surface area contributed by atoms with Gasteiger partial charge in [-0.2, -0.15) is 0 Å². The van der Waals surface area contributed by atoms with Gasteiger partial charge in [0, 0.05) is 87.5 Å². The number of rotatable bonds is 19. The van der Waals surface area contributed by atoms with Crippen molar-refractivity contribution in [2.45, 2.75) is 12.8 Å². The second kappa shape index (κ2) is 26.0. The molecule has 1 saturated heterocycles. The van der Waals surface area contributed by atoms with E-state index in [0.717, 1.165) is 13.0 Å². The van der Waals surface area contributed by atoms with Gasteiger partial charge in [0.25, 0.3) is 0 Å². The van der Waals surface area contributed by atoms with Crippen LogP contribution < -0.4 is 16.1 Å². The molecule has 6 N–H and O–H groups in total. The van der Waals surface area contributed by atoms with Crippen LogP contribution in [0.2, 0.25) is 0 Å². The summed E-state index contributed by atoms with van der Waals surface area (Å²) < 4.78 is 49.4. The van der Waals surface area contributed by atoms with Gasteiger partial charge in [0.05, 0.1) is 13.2 Å². The molecule has 0 aromatic carbocycles. The second-order valence-corrected chi connectivity index (χ2v) is 15.7. The minimum absolute atomic E-state index is 0.0400. The van der Waals surface area contributed by atoms with Crippen LogP contribution in [0.15, 0.2) is 0 Å². The van der Waals surface area contributed by atoms with E-state index in [1.807, 2.05) is 0 Å². The molecule has 242 valence electrons. The van der Waals surface area contributed by atoms with Crippen molar-refractivity contribution in [3.8, 4) is 0 Å². The Kier molecular flexibility index (Phi) is 28.5. The van der Waals surface area contributed by atoms with Gasteiger partial charge >= 0.3 is 23.0 Å². The predicted octanol–water partition coefficient (Wildman–Crippen LogP) is 4.15. The molecule has 0 aromatic heterocycles. The van der Waals surface area contributed by atoms with Crippen LogP contribution in [0, 0.1) is 0 Å². The van der Waals surface area contributed by atoms with Crippen LogP contribution in [-0.4, -0.2) is 119 Å². The molecule has 0 radical (unpaired) electrons. The van der Waals surface area contributed by atoms with Crippen molar-refractivity contribution in [3.05, 3.63) is 0 Å². The highest BCUT2D eigenvalue weighted by atomic mass is 35.5. The van der Waals surface area contributed by atoms with Gasteiger partial charge in [0.1, 0.15) is 6.29 Å². The molecule has 1 aliphatic rings. The largest absolute Gasteiger partial charge is 0.343 e. The van der Waals surface area contributed by atoms with E-state index in [-0.39, 0.29) is 49.6 Å². The van der Waals surface area contributed by atoms with Crippen molar-refractivity contribution < 1.29 is 32.4 Å². The number of halogens is 6. The quantitative estimate of drug-likeness (QED) is 0.0640. The second-order valence-electron chi connectivity index (χ2n) is 7.55. The third-order valence-corrected chi connectivity index (χ3v) is 10.9. The number of carbonyl (C=O) groups is 1. The molecule has 0 aromatic rings. The zero-order valence-electron chi connectivity index (χ0n) is 22.1. The molecule has 13 nitrogen and oxygen atoms in total. The zero-order valence-corrected chi connectivity index (χ0v) is 29.3. The predicted molar refractivity (Wildman–Crippen MR) is 168 cm³/mol. The highest BCUT2D eigenvalue weighted by Crippen LogP contribution is 2.48. The fraction of sp³-hybridized carbons (Fsp3) is 0.944. The number of nitrogens with zero attached hydrogens (tertiary/aromatic N) is 3. The SMILES string of the molecule is NP(=O)(O)N(CCCl)CCCl.NP(=O)(OCCC=O)N(CCCl)CCCl.O=P1(N(CCCl)CCCl)NCCCO1. The molecule has 1 fully saturated rings. The van der Waals surface area contributed by atoms with Crippen molar-refractivity contribution in [2.75, 3.05) is 94.3 Å². The average Bonchev–Trinajstić information content (AvgIpc) is 2.89. The Bertz CT molecular complexity index is 767. The van der Waals surface area contributed by atoms with Gasteiger partial charge in [0.15, 0.2) is 0 Å². The van der Waals surface area contributed by atoms with E-state index in [4.69, 9.17) is 94.6 Å². The first-order valence-corrected chi connectivity index (χ1v) is 20.1. The summed E-state index contributed by atoms with van der Waals surface area (Å²) in [5, 5.41) is 2.91. The normalized spacial score (nSPS) is 20.2.